The molecule has 0 bridgehead atoms. The highest BCUT2D eigenvalue weighted by Gasteiger charge is 2.29. The smallest absolute Gasteiger partial charge is 0.416 e. The molecule has 3 aromatic rings. The van der Waals surface area contributed by atoms with Gasteiger partial charge in [-0.3, -0.25) is 0 Å². The Morgan fingerprint density at radius 1 is 0.969 bits per heavy atom. The summed E-state index contributed by atoms with van der Waals surface area (Å²) in [5.41, 5.74) is 1.50. The van der Waals surface area contributed by atoms with E-state index in [1.165, 1.54) is 18.2 Å². The van der Waals surface area contributed by atoms with Crippen LogP contribution in [0, 0.1) is 13.8 Å². The van der Waals surface area contributed by atoms with E-state index in [2.05, 4.69) is 0 Å². The number of ether oxygens (including phenoxy) is 2. The van der Waals surface area contributed by atoms with Crippen LogP contribution in [0.25, 0.3) is 6.08 Å². The molecule has 0 spiro atoms. The van der Waals surface area contributed by atoms with Crippen molar-refractivity contribution in [2.75, 3.05) is 6.61 Å². The van der Waals surface area contributed by atoms with Gasteiger partial charge in [-0.05, 0) is 67.4 Å². The molecule has 0 saturated carbocycles. The largest absolute Gasteiger partial charge is 0.486 e. The van der Waals surface area contributed by atoms with Crippen molar-refractivity contribution in [2.24, 2.45) is 0 Å². The topological polar surface area (TPSA) is 55.8 Å². The Morgan fingerprint density at radius 3 is 2.34 bits per heavy atom. The number of carbonyl (C=O) groups is 1. The van der Waals surface area contributed by atoms with E-state index in [4.69, 9.17) is 9.47 Å². The first kappa shape index (κ1) is 22.9. The minimum atomic E-state index is -4.37. The predicted molar refractivity (Wildman–Crippen MR) is 115 cm³/mol. The van der Waals surface area contributed by atoms with E-state index in [1.54, 1.807) is 43.3 Å². The van der Waals surface area contributed by atoms with Gasteiger partial charge in [-0.1, -0.05) is 30.3 Å². The summed E-state index contributed by atoms with van der Waals surface area (Å²) in [6, 6.07) is 15.0. The number of hydrogen-bond acceptors (Lipinski definition) is 3. The summed E-state index contributed by atoms with van der Waals surface area (Å²) < 4.78 is 49.7. The third-order valence-corrected chi connectivity index (χ3v) is 4.72. The van der Waals surface area contributed by atoms with Crippen LogP contribution in [-0.2, 0) is 6.18 Å². The average molecular weight is 442 g/mol. The number of carboxylic acid groups (broad SMARTS) is 1. The van der Waals surface area contributed by atoms with Crippen LogP contribution >= 0.6 is 0 Å². The summed E-state index contributed by atoms with van der Waals surface area (Å²) in [7, 11) is 0. The van der Waals surface area contributed by atoms with Crippen molar-refractivity contribution in [2.45, 2.75) is 20.0 Å². The van der Waals surface area contributed by atoms with Gasteiger partial charge in [0.25, 0.3) is 0 Å². The summed E-state index contributed by atoms with van der Waals surface area (Å²) in [5.74, 6) is 0.243. The Bertz CT molecular complexity index is 1130. The Morgan fingerprint density at radius 2 is 1.69 bits per heavy atom. The first-order valence-corrected chi connectivity index (χ1v) is 9.73. The van der Waals surface area contributed by atoms with Gasteiger partial charge in [0.2, 0.25) is 0 Å². The summed E-state index contributed by atoms with van der Waals surface area (Å²) in [5, 5.41) is 9.30. The molecule has 0 radical (unpaired) electrons. The fourth-order valence-corrected chi connectivity index (χ4v) is 2.99. The number of alkyl halides is 3. The van der Waals surface area contributed by atoms with E-state index in [0.717, 1.165) is 17.7 Å². The van der Waals surface area contributed by atoms with Crippen molar-refractivity contribution in [3.8, 4) is 17.2 Å². The molecular weight excluding hydrogens is 421 g/mol. The maximum Gasteiger partial charge on any atom is 0.416 e. The first-order chi connectivity index (χ1) is 15.1. The third-order valence-electron chi connectivity index (χ3n) is 4.72. The van der Waals surface area contributed by atoms with Crippen molar-refractivity contribution in [3.63, 3.8) is 0 Å². The van der Waals surface area contributed by atoms with Crippen LogP contribution in [0.1, 0.15) is 32.6 Å². The maximum absolute atomic E-state index is 12.6. The molecule has 0 unspecified atom stereocenters. The molecule has 166 valence electrons. The van der Waals surface area contributed by atoms with Crippen LogP contribution in [0.4, 0.5) is 13.2 Å². The lowest BCUT2D eigenvalue weighted by Gasteiger charge is -2.14. The normalized spacial score (nSPS) is 11.5. The summed E-state index contributed by atoms with van der Waals surface area (Å²) >= 11 is 0. The molecule has 0 heterocycles. The lowest BCUT2D eigenvalue weighted by Crippen LogP contribution is -2.04. The first-order valence-electron chi connectivity index (χ1n) is 9.73. The molecular formula is C25H21F3O4. The minimum Gasteiger partial charge on any atom is -0.486 e. The second-order valence-corrected chi connectivity index (χ2v) is 7.12. The molecule has 0 atom stereocenters. The lowest BCUT2D eigenvalue weighted by atomic mass is 10.1. The SMILES string of the molecule is Cc1ccc(Oc2cccc(C(=O)O)c2C)c(OCC=Cc2ccc(C(F)(F)F)cc2)c1. The minimum absolute atomic E-state index is 0.150. The molecule has 0 aliphatic heterocycles. The van der Waals surface area contributed by atoms with Crippen LogP contribution in [0.3, 0.4) is 0 Å². The maximum atomic E-state index is 12.6. The zero-order chi connectivity index (χ0) is 23.3. The van der Waals surface area contributed by atoms with Gasteiger partial charge in [0, 0.05) is 5.56 Å². The highest BCUT2D eigenvalue weighted by atomic mass is 19.4. The summed E-state index contributed by atoms with van der Waals surface area (Å²) in [6.45, 7) is 3.72. The van der Waals surface area contributed by atoms with Gasteiger partial charge in [0.15, 0.2) is 11.5 Å². The van der Waals surface area contributed by atoms with Gasteiger partial charge in [0.05, 0.1) is 11.1 Å². The molecule has 7 heteroatoms. The molecule has 0 aromatic heterocycles. The molecule has 1 N–H and O–H groups in total. The van der Waals surface area contributed by atoms with E-state index in [0.29, 0.717) is 28.4 Å². The van der Waals surface area contributed by atoms with Crippen LogP contribution in [0.5, 0.6) is 17.2 Å². The van der Waals surface area contributed by atoms with Crippen molar-refractivity contribution in [1.82, 2.24) is 0 Å². The number of benzene rings is 3. The highest BCUT2D eigenvalue weighted by Crippen LogP contribution is 2.35. The predicted octanol–water partition coefficient (Wildman–Crippen LogP) is 6.90. The zero-order valence-electron chi connectivity index (χ0n) is 17.4. The van der Waals surface area contributed by atoms with E-state index in [9.17, 15) is 23.1 Å². The second kappa shape index (κ2) is 9.60. The highest BCUT2D eigenvalue weighted by molar-refractivity contribution is 5.90. The molecule has 32 heavy (non-hydrogen) atoms. The Hall–Kier alpha value is -3.74. The number of aryl methyl sites for hydroxylation is 1. The Labute approximate surface area is 183 Å². The van der Waals surface area contributed by atoms with Crippen LogP contribution in [0.15, 0.2) is 66.7 Å². The number of aromatic carboxylic acids is 1. The Kier molecular flexibility index (Phi) is 6.88. The van der Waals surface area contributed by atoms with E-state index in [-0.39, 0.29) is 12.2 Å². The van der Waals surface area contributed by atoms with Gasteiger partial charge < -0.3 is 14.6 Å². The van der Waals surface area contributed by atoms with E-state index >= 15 is 0 Å². The van der Waals surface area contributed by atoms with Gasteiger partial charge in [-0.25, -0.2) is 4.79 Å². The quantitative estimate of drug-likeness (QED) is 0.432. The third kappa shape index (κ3) is 5.69. The molecule has 3 aromatic carbocycles. The number of hydrogen-bond donors (Lipinski definition) is 1. The molecule has 3 rings (SSSR count). The fourth-order valence-electron chi connectivity index (χ4n) is 2.99. The fraction of sp³-hybridized carbons (Fsp3) is 0.160. The van der Waals surface area contributed by atoms with Crippen molar-refractivity contribution in [3.05, 3.63) is 94.6 Å². The average Bonchev–Trinajstić information content (AvgIpc) is 2.73. The zero-order valence-corrected chi connectivity index (χ0v) is 17.4. The van der Waals surface area contributed by atoms with Crippen LogP contribution in [0.2, 0.25) is 0 Å². The van der Waals surface area contributed by atoms with Gasteiger partial charge in [-0.2, -0.15) is 13.2 Å². The standard InChI is InChI=1S/C25H21F3O4/c1-16-8-13-22(32-21-7-3-6-20(17(21)2)24(29)30)23(15-16)31-14-4-5-18-9-11-19(12-10-18)25(26,27)28/h3-13,15H,14H2,1-2H3,(H,29,30). The Balaban J connectivity index is 1.72. The summed E-state index contributed by atoms with van der Waals surface area (Å²) in [4.78, 5) is 11.4. The number of rotatable bonds is 7. The molecule has 0 aliphatic carbocycles. The molecule has 0 amide bonds. The second-order valence-electron chi connectivity index (χ2n) is 7.12. The van der Waals surface area contributed by atoms with Crippen LogP contribution in [-0.4, -0.2) is 17.7 Å². The van der Waals surface area contributed by atoms with Gasteiger partial charge in [0.1, 0.15) is 12.4 Å². The monoisotopic (exact) mass is 442 g/mol. The molecule has 4 nitrogen and oxygen atoms in total. The van der Waals surface area contributed by atoms with E-state index in [1.807, 2.05) is 13.0 Å². The molecule has 0 fully saturated rings. The molecule has 0 aliphatic rings. The number of carboxylic acids is 1. The van der Waals surface area contributed by atoms with Crippen LogP contribution < -0.4 is 9.47 Å². The summed E-state index contributed by atoms with van der Waals surface area (Å²) in [6.07, 6.45) is -1.02. The van der Waals surface area contributed by atoms with E-state index < -0.39 is 17.7 Å². The molecule has 0 saturated heterocycles. The van der Waals surface area contributed by atoms with Crippen molar-refractivity contribution < 1.29 is 32.5 Å². The van der Waals surface area contributed by atoms with Crippen molar-refractivity contribution in [1.29, 1.82) is 0 Å². The lowest BCUT2D eigenvalue weighted by molar-refractivity contribution is -0.137. The number of halogens is 3. The van der Waals surface area contributed by atoms with Crippen molar-refractivity contribution >= 4 is 12.0 Å². The van der Waals surface area contributed by atoms with Gasteiger partial charge in [-0.15, -0.1) is 0 Å². The van der Waals surface area contributed by atoms with Gasteiger partial charge >= 0.3 is 12.1 Å².